The van der Waals surface area contributed by atoms with Gasteiger partial charge in [0.05, 0.1) is 11.8 Å². The Bertz CT molecular complexity index is 632. The van der Waals surface area contributed by atoms with E-state index >= 15 is 0 Å². The van der Waals surface area contributed by atoms with E-state index in [2.05, 4.69) is 22.2 Å². The Labute approximate surface area is 124 Å². The number of rotatable bonds is 2. The minimum atomic E-state index is 0.0694. The van der Waals surface area contributed by atoms with E-state index in [0.717, 1.165) is 37.2 Å². The van der Waals surface area contributed by atoms with Gasteiger partial charge in [0.25, 0.3) is 5.91 Å². The molecule has 0 bridgehead atoms. The summed E-state index contributed by atoms with van der Waals surface area (Å²) < 4.78 is 1.66. The van der Waals surface area contributed by atoms with Gasteiger partial charge in [0.1, 0.15) is 0 Å². The van der Waals surface area contributed by atoms with Crippen LogP contribution >= 0.6 is 0 Å². The van der Waals surface area contributed by atoms with Crippen LogP contribution in [0.15, 0.2) is 30.7 Å². The van der Waals surface area contributed by atoms with E-state index in [9.17, 15) is 4.79 Å². The van der Waals surface area contributed by atoms with Crippen LogP contribution in [0, 0.1) is 6.92 Å². The highest BCUT2D eigenvalue weighted by atomic mass is 16.2. The van der Waals surface area contributed by atoms with Crippen LogP contribution in [-0.2, 0) is 7.05 Å². The number of aryl methyl sites for hydroxylation is 2. The molecule has 0 aromatic carbocycles. The maximum Gasteiger partial charge on any atom is 0.257 e. The van der Waals surface area contributed by atoms with Crippen LogP contribution in [0.3, 0.4) is 0 Å². The molecule has 5 heteroatoms. The second kappa shape index (κ2) is 5.68. The molecule has 2 aromatic heterocycles. The maximum absolute atomic E-state index is 12.5. The predicted molar refractivity (Wildman–Crippen MR) is 80.1 cm³/mol. The van der Waals surface area contributed by atoms with Crippen LogP contribution in [0.2, 0.25) is 0 Å². The molecule has 0 unspecified atom stereocenters. The fourth-order valence-corrected chi connectivity index (χ4v) is 2.84. The fourth-order valence-electron chi connectivity index (χ4n) is 2.84. The van der Waals surface area contributed by atoms with Crippen molar-refractivity contribution < 1.29 is 4.79 Å². The lowest BCUT2D eigenvalue weighted by molar-refractivity contribution is 0.0706. The third-order valence-corrected chi connectivity index (χ3v) is 4.01. The predicted octanol–water partition coefficient (Wildman–Crippen LogP) is 2.14. The molecule has 0 N–H and O–H groups in total. The van der Waals surface area contributed by atoms with Crippen molar-refractivity contribution in [1.29, 1.82) is 0 Å². The molecule has 0 radical (unpaired) electrons. The van der Waals surface area contributed by atoms with Crippen molar-refractivity contribution >= 4 is 5.91 Å². The first-order chi connectivity index (χ1) is 10.1. The van der Waals surface area contributed by atoms with Crippen LogP contribution in [0.4, 0.5) is 0 Å². The fraction of sp³-hybridized carbons (Fsp3) is 0.438. The van der Waals surface area contributed by atoms with Crippen molar-refractivity contribution in [2.75, 3.05) is 13.1 Å². The highest BCUT2D eigenvalue weighted by molar-refractivity contribution is 5.93. The zero-order valence-corrected chi connectivity index (χ0v) is 12.5. The van der Waals surface area contributed by atoms with Crippen LogP contribution in [-0.4, -0.2) is 38.7 Å². The lowest BCUT2D eigenvalue weighted by Gasteiger charge is -2.32. The van der Waals surface area contributed by atoms with Gasteiger partial charge in [-0.2, -0.15) is 5.10 Å². The number of carbonyl (C=O) groups is 1. The van der Waals surface area contributed by atoms with Gasteiger partial charge in [0.15, 0.2) is 0 Å². The number of nitrogens with zero attached hydrogens (tertiary/aromatic N) is 4. The highest BCUT2D eigenvalue weighted by Crippen LogP contribution is 2.26. The van der Waals surface area contributed by atoms with E-state index in [1.165, 1.54) is 0 Å². The molecule has 2 aromatic rings. The third kappa shape index (κ3) is 2.96. The molecule has 1 amide bonds. The van der Waals surface area contributed by atoms with Gasteiger partial charge in [-0.05, 0) is 31.4 Å². The summed E-state index contributed by atoms with van der Waals surface area (Å²) in [6.07, 6.45) is 7.42. The van der Waals surface area contributed by atoms with Gasteiger partial charge < -0.3 is 4.90 Å². The summed E-state index contributed by atoms with van der Waals surface area (Å²) in [5.74, 6) is 0.403. The molecule has 3 rings (SSSR count). The molecule has 0 spiro atoms. The van der Waals surface area contributed by atoms with Gasteiger partial charge in [0.2, 0.25) is 0 Å². The second-order valence-corrected chi connectivity index (χ2v) is 5.75. The summed E-state index contributed by atoms with van der Waals surface area (Å²) in [6.45, 7) is 3.59. The first kappa shape index (κ1) is 13.8. The van der Waals surface area contributed by atoms with Gasteiger partial charge >= 0.3 is 0 Å². The summed E-state index contributed by atoms with van der Waals surface area (Å²) >= 11 is 0. The van der Waals surface area contributed by atoms with E-state index < -0.39 is 0 Å². The molecular weight excluding hydrogens is 264 g/mol. The Kier molecular flexibility index (Phi) is 3.73. The number of hydrogen-bond acceptors (Lipinski definition) is 3. The maximum atomic E-state index is 12.5. The highest BCUT2D eigenvalue weighted by Gasteiger charge is 2.26. The number of piperidine rings is 1. The minimum Gasteiger partial charge on any atom is -0.338 e. The number of carbonyl (C=O) groups excluding carboxylic acids is 1. The Morgan fingerprint density at radius 1 is 1.33 bits per heavy atom. The number of amides is 1. The number of aromatic nitrogens is 3. The number of hydrogen-bond donors (Lipinski definition) is 0. The molecule has 3 heterocycles. The molecule has 0 saturated carbocycles. The van der Waals surface area contributed by atoms with Crippen molar-refractivity contribution in [3.63, 3.8) is 0 Å². The summed E-state index contributed by atoms with van der Waals surface area (Å²) in [6, 6.07) is 4.17. The normalized spacial score (nSPS) is 18.8. The quantitative estimate of drug-likeness (QED) is 0.849. The molecule has 1 fully saturated rings. The van der Waals surface area contributed by atoms with E-state index in [1.807, 2.05) is 25.1 Å². The van der Waals surface area contributed by atoms with Crippen molar-refractivity contribution in [2.24, 2.45) is 7.05 Å². The summed E-state index contributed by atoms with van der Waals surface area (Å²) in [5.41, 5.74) is 2.91. The van der Waals surface area contributed by atoms with Gasteiger partial charge in [-0.3, -0.25) is 14.5 Å². The summed E-state index contributed by atoms with van der Waals surface area (Å²) in [5, 5.41) is 4.08. The average Bonchev–Trinajstić information content (AvgIpc) is 2.94. The van der Waals surface area contributed by atoms with Crippen LogP contribution in [0.25, 0.3) is 0 Å². The molecule has 1 atom stereocenters. The molecule has 1 aliphatic heterocycles. The smallest absolute Gasteiger partial charge is 0.257 e. The van der Waals surface area contributed by atoms with E-state index in [-0.39, 0.29) is 5.91 Å². The minimum absolute atomic E-state index is 0.0694. The van der Waals surface area contributed by atoms with E-state index in [0.29, 0.717) is 11.5 Å². The Morgan fingerprint density at radius 2 is 2.19 bits per heavy atom. The van der Waals surface area contributed by atoms with Crippen LogP contribution in [0.5, 0.6) is 0 Å². The van der Waals surface area contributed by atoms with Crippen LogP contribution in [0.1, 0.15) is 40.4 Å². The van der Waals surface area contributed by atoms with Gasteiger partial charge in [0, 0.05) is 44.1 Å². The molecule has 0 aliphatic carbocycles. The number of likely N-dealkylation sites (tertiary alicyclic amines) is 1. The molecule has 5 nitrogen and oxygen atoms in total. The van der Waals surface area contributed by atoms with Crippen molar-refractivity contribution in [3.8, 4) is 0 Å². The van der Waals surface area contributed by atoms with E-state index in [1.54, 1.807) is 17.1 Å². The van der Waals surface area contributed by atoms with Gasteiger partial charge in [-0.15, -0.1) is 0 Å². The SMILES string of the molecule is Cc1ccc([C@@H]2CCCN(C(=O)c3cnn(C)c3)C2)nc1. The molecular formula is C16H20N4O. The summed E-state index contributed by atoms with van der Waals surface area (Å²) in [4.78, 5) is 18.9. The zero-order valence-electron chi connectivity index (χ0n) is 12.5. The van der Waals surface area contributed by atoms with Crippen molar-refractivity contribution in [1.82, 2.24) is 19.7 Å². The number of pyridine rings is 1. The van der Waals surface area contributed by atoms with Crippen LogP contribution < -0.4 is 0 Å². The molecule has 110 valence electrons. The molecule has 1 saturated heterocycles. The van der Waals surface area contributed by atoms with Crippen molar-refractivity contribution in [2.45, 2.75) is 25.7 Å². The standard InChI is InChI=1S/C16H20N4O/c1-12-5-6-15(17-8-12)13-4-3-7-20(11-13)16(21)14-9-18-19(2)10-14/h5-6,8-10,13H,3-4,7,11H2,1-2H3/t13-/m1/s1. The zero-order chi connectivity index (χ0) is 14.8. The summed E-state index contributed by atoms with van der Waals surface area (Å²) in [7, 11) is 1.83. The topological polar surface area (TPSA) is 51.0 Å². The second-order valence-electron chi connectivity index (χ2n) is 5.75. The average molecular weight is 284 g/mol. The Balaban J connectivity index is 1.73. The first-order valence-electron chi connectivity index (χ1n) is 7.34. The van der Waals surface area contributed by atoms with Crippen molar-refractivity contribution in [3.05, 3.63) is 47.5 Å². The molecule has 1 aliphatic rings. The first-order valence-corrected chi connectivity index (χ1v) is 7.34. The molecule has 21 heavy (non-hydrogen) atoms. The largest absolute Gasteiger partial charge is 0.338 e. The lowest BCUT2D eigenvalue weighted by Crippen LogP contribution is -2.39. The van der Waals surface area contributed by atoms with Gasteiger partial charge in [-0.1, -0.05) is 6.07 Å². The van der Waals surface area contributed by atoms with Gasteiger partial charge in [-0.25, -0.2) is 0 Å². The Morgan fingerprint density at radius 3 is 2.86 bits per heavy atom. The third-order valence-electron chi connectivity index (χ3n) is 4.01. The van der Waals surface area contributed by atoms with E-state index in [4.69, 9.17) is 0 Å². The Hall–Kier alpha value is -2.17. The monoisotopic (exact) mass is 284 g/mol. The lowest BCUT2D eigenvalue weighted by atomic mass is 9.93.